The van der Waals surface area contributed by atoms with Crippen LogP contribution < -0.4 is 18.9 Å². The van der Waals surface area contributed by atoms with Crippen molar-refractivity contribution < 1.29 is 28.8 Å². The van der Waals surface area contributed by atoms with Crippen molar-refractivity contribution in [2.75, 3.05) is 21.3 Å². The zero-order chi connectivity index (χ0) is 26.2. The number of rotatable bonds is 11. The molecule has 190 valence electrons. The Morgan fingerprint density at radius 1 is 0.703 bits per heavy atom. The molecule has 0 aromatic heterocycles. The Kier molecular flexibility index (Phi) is 8.44. The Morgan fingerprint density at radius 2 is 1.43 bits per heavy atom. The molecule has 0 saturated carbocycles. The second-order valence-electron chi connectivity index (χ2n) is 8.46. The predicted octanol–water partition coefficient (Wildman–Crippen LogP) is 6.26. The average molecular weight is 499 g/mol. The molecule has 1 N–H and O–H groups in total. The molecule has 4 aromatic rings. The summed E-state index contributed by atoms with van der Waals surface area (Å²) in [5.74, 6) is 3.15. The van der Waals surface area contributed by atoms with E-state index in [0.717, 1.165) is 52.7 Å². The van der Waals surface area contributed by atoms with E-state index in [9.17, 15) is 9.90 Å². The molecule has 0 bridgehead atoms. The van der Waals surface area contributed by atoms with Gasteiger partial charge in [0.15, 0.2) is 11.5 Å². The molecule has 0 atom stereocenters. The third-order valence-electron chi connectivity index (χ3n) is 6.21. The number of ether oxygens (including phenoxy) is 4. The molecule has 4 aromatic carbocycles. The van der Waals surface area contributed by atoms with Crippen molar-refractivity contribution in [3.63, 3.8) is 0 Å². The highest BCUT2D eigenvalue weighted by Gasteiger charge is 2.16. The van der Waals surface area contributed by atoms with Crippen LogP contribution in [0.15, 0.2) is 78.9 Å². The first-order valence-electron chi connectivity index (χ1n) is 11.9. The van der Waals surface area contributed by atoms with Crippen LogP contribution in [0.3, 0.4) is 0 Å². The molecule has 0 aliphatic rings. The van der Waals surface area contributed by atoms with Crippen molar-refractivity contribution in [3.05, 3.63) is 101 Å². The second kappa shape index (κ2) is 12.1. The number of benzene rings is 4. The van der Waals surface area contributed by atoms with Crippen LogP contribution in [0.5, 0.6) is 28.7 Å². The lowest BCUT2D eigenvalue weighted by atomic mass is 9.93. The molecule has 6 nitrogen and oxygen atoms in total. The van der Waals surface area contributed by atoms with E-state index in [1.54, 1.807) is 39.5 Å². The van der Waals surface area contributed by atoms with Crippen LogP contribution in [0.1, 0.15) is 27.0 Å². The van der Waals surface area contributed by atoms with Gasteiger partial charge in [-0.15, -0.1) is 0 Å². The third-order valence-corrected chi connectivity index (χ3v) is 6.21. The summed E-state index contributed by atoms with van der Waals surface area (Å²) in [6.07, 6.45) is 2.37. The van der Waals surface area contributed by atoms with E-state index >= 15 is 0 Å². The summed E-state index contributed by atoms with van der Waals surface area (Å²) >= 11 is 0. The molecule has 0 unspecified atom stereocenters. The SMILES string of the molecule is COc1ccc(C=O)cc1Oc1ccc(CCc2cccc(OC)c2-c2ccc(CO)cc2OC)cc1. The van der Waals surface area contributed by atoms with E-state index in [1.807, 2.05) is 54.6 Å². The Labute approximate surface area is 217 Å². The number of hydrogen-bond donors (Lipinski definition) is 1. The topological polar surface area (TPSA) is 74.2 Å². The summed E-state index contributed by atoms with van der Waals surface area (Å²) < 4.78 is 22.7. The zero-order valence-electron chi connectivity index (χ0n) is 21.2. The van der Waals surface area contributed by atoms with Gasteiger partial charge in [0.05, 0.1) is 27.9 Å². The smallest absolute Gasteiger partial charge is 0.169 e. The van der Waals surface area contributed by atoms with Crippen molar-refractivity contribution in [2.24, 2.45) is 0 Å². The summed E-state index contributed by atoms with van der Waals surface area (Å²) in [7, 11) is 4.86. The fourth-order valence-electron chi connectivity index (χ4n) is 4.28. The number of aliphatic hydroxyl groups is 1. The Hall–Kier alpha value is -4.29. The van der Waals surface area contributed by atoms with Gasteiger partial charge in [0, 0.05) is 16.7 Å². The second-order valence-corrected chi connectivity index (χ2v) is 8.46. The van der Waals surface area contributed by atoms with Gasteiger partial charge in [-0.1, -0.05) is 36.4 Å². The van der Waals surface area contributed by atoms with Crippen molar-refractivity contribution in [2.45, 2.75) is 19.4 Å². The van der Waals surface area contributed by atoms with E-state index in [0.29, 0.717) is 28.6 Å². The summed E-state index contributed by atoms with van der Waals surface area (Å²) in [6.45, 7) is -0.0512. The maximum Gasteiger partial charge on any atom is 0.169 e. The lowest BCUT2D eigenvalue weighted by Gasteiger charge is -2.17. The minimum absolute atomic E-state index is 0.0512. The van der Waals surface area contributed by atoms with Crippen LogP contribution in [0.25, 0.3) is 11.1 Å². The first-order valence-corrected chi connectivity index (χ1v) is 11.9. The van der Waals surface area contributed by atoms with Gasteiger partial charge in [0.1, 0.15) is 23.5 Å². The molecule has 37 heavy (non-hydrogen) atoms. The molecule has 4 rings (SSSR count). The van der Waals surface area contributed by atoms with E-state index < -0.39 is 0 Å². The summed E-state index contributed by atoms with van der Waals surface area (Å²) in [5.41, 5.74) is 5.48. The molecule has 0 aliphatic heterocycles. The quantitative estimate of drug-likeness (QED) is 0.246. The molecule has 0 fully saturated rings. The van der Waals surface area contributed by atoms with Crippen LogP contribution in [0, 0.1) is 0 Å². The first-order chi connectivity index (χ1) is 18.1. The lowest BCUT2D eigenvalue weighted by Crippen LogP contribution is -2.00. The fraction of sp³-hybridized carbons (Fsp3) is 0.194. The predicted molar refractivity (Wildman–Crippen MR) is 143 cm³/mol. The minimum Gasteiger partial charge on any atom is -0.496 e. The van der Waals surface area contributed by atoms with Gasteiger partial charge in [0.25, 0.3) is 0 Å². The van der Waals surface area contributed by atoms with E-state index in [-0.39, 0.29) is 6.61 Å². The van der Waals surface area contributed by atoms with Gasteiger partial charge in [-0.25, -0.2) is 0 Å². The van der Waals surface area contributed by atoms with Gasteiger partial charge < -0.3 is 24.1 Å². The van der Waals surface area contributed by atoms with Crippen molar-refractivity contribution in [3.8, 4) is 39.9 Å². The minimum atomic E-state index is -0.0512. The highest BCUT2D eigenvalue weighted by atomic mass is 16.5. The number of methoxy groups -OCH3 is 3. The molecular weight excluding hydrogens is 468 g/mol. The largest absolute Gasteiger partial charge is 0.496 e. The van der Waals surface area contributed by atoms with Gasteiger partial charge in [-0.2, -0.15) is 0 Å². The number of hydrogen-bond acceptors (Lipinski definition) is 6. The van der Waals surface area contributed by atoms with Crippen molar-refractivity contribution in [1.82, 2.24) is 0 Å². The van der Waals surface area contributed by atoms with Gasteiger partial charge in [0.2, 0.25) is 0 Å². The Bertz CT molecular complexity index is 1360. The van der Waals surface area contributed by atoms with E-state index in [1.165, 1.54) is 0 Å². The molecule has 0 saturated heterocycles. The normalized spacial score (nSPS) is 10.6. The van der Waals surface area contributed by atoms with Crippen LogP contribution in [-0.4, -0.2) is 32.7 Å². The number of carbonyl (C=O) groups is 1. The number of aryl methyl sites for hydroxylation is 2. The molecule has 0 spiro atoms. The van der Waals surface area contributed by atoms with Crippen molar-refractivity contribution >= 4 is 6.29 Å². The average Bonchev–Trinajstić information content (AvgIpc) is 2.96. The highest BCUT2D eigenvalue weighted by Crippen LogP contribution is 2.40. The van der Waals surface area contributed by atoms with Crippen LogP contribution in [-0.2, 0) is 19.4 Å². The molecule has 0 radical (unpaired) electrons. The summed E-state index contributed by atoms with van der Waals surface area (Å²) in [5, 5.41) is 9.53. The van der Waals surface area contributed by atoms with E-state index in [2.05, 4.69) is 6.07 Å². The molecule has 0 amide bonds. The molecule has 0 aliphatic carbocycles. The monoisotopic (exact) mass is 498 g/mol. The van der Waals surface area contributed by atoms with Crippen LogP contribution >= 0.6 is 0 Å². The maximum atomic E-state index is 11.1. The maximum absolute atomic E-state index is 11.1. The third kappa shape index (κ3) is 5.93. The van der Waals surface area contributed by atoms with Gasteiger partial charge >= 0.3 is 0 Å². The molecule has 6 heteroatoms. The summed E-state index contributed by atoms with van der Waals surface area (Å²) in [6, 6.07) is 24.7. The zero-order valence-corrected chi connectivity index (χ0v) is 21.2. The standard InChI is InChI=1S/C31H30O6/c1-34-27-16-11-23(20-33)18-30(27)37-25-13-8-21(9-14-25)7-12-24-5-4-6-28(35-2)31(24)26-15-10-22(19-32)17-29(26)36-3/h4-6,8-11,13-18,20,32H,7,12,19H2,1-3H3. The number of carbonyl (C=O) groups excluding carboxylic acids is 1. The Morgan fingerprint density at radius 3 is 2.11 bits per heavy atom. The Balaban J connectivity index is 1.55. The van der Waals surface area contributed by atoms with Crippen molar-refractivity contribution in [1.29, 1.82) is 0 Å². The van der Waals surface area contributed by atoms with Gasteiger partial charge in [-0.05, 0) is 72.0 Å². The first kappa shape index (κ1) is 25.8. The number of aliphatic hydroxyl groups excluding tert-OH is 1. The van der Waals surface area contributed by atoms with Gasteiger partial charge in [-0.3, -0.25) is 4.79 Å². The fourth-order valence-corrected chi connectivity index (χ4v) is 4.28. The lowest BCUT2D eigenvalue weighted by molar-refractivity contribution is 0.112. The highest BCUT2D eigenvalue weighted by molar-refractivity contribution is 5.79. The van der Waals surface area contributed by atoms with E-state index in [4.69, 9.17) is 18.9 Å². The summed E-state index contributed by atoms with van der Waals surface area (Å²) in [4.78, 5) is 11.1. The molecular formula is C31H30O6. The van der Waals surface area contributed by atoms with Crippen LogP contribution in [0.4, 0.5) is 0 Å². The number of aldehydes is 1. The molecule has 0 heterocycles. The van der Waals surface area contributed by atoms with Crippen LogP contribution in [0.2, 0.25) is 0 Å².